The lowest BCUT2D eigenvalue weighted by atomic mass is 10.0. The zero-order valence-electron chi connectivity index (χ0n) is 15.5. The number of hydrogen-bond donors (Lipinski definition) is 2. The van der Waals surface area contributed by atoms with E-state index in [1.165, 1.54) is 51.9 Å². The number of carbonyl (C=O) groups excluding carboxylic acids is 2. The number of carboxylic acids is 1. The van der Waals surface area contributed by atoms with Crippen LogP contribution in [-0.2, 0) is 9.59 Å². The predicted molar refractivity (Wildman–Crippen MR) is 111 cm³/mol. The van der Waals surface area contributed by atoms with E-state index in [1.807, 2.05) is 6.92 Å². The molecule has 1 aromatic carbocycles. The molecule has 0 bridgehead atoms. The van der Waals surface area contributed by atoms with Gasteiger partial charge in [0.15, 0.2) is 4.34 Å². The van der Waals surface area contributed by atoms with E-state index in [-0.39, 0.29) is 11.3 Å². The fourth-order valence-electron chi connectivity index (χ4n) is 3.11. The number of carboxylic acid groups (broad SMARTS) is 1. The van der Waals surface area contributed by atoms with Gasteiger partial charge in [-0.05, 0) is 36.8 Å². The van der Waals surface area contributed by atoms with Crippen molar-refractivity contribution in [1.29, 1.82) is 0 Å². The molecule has 3 heterocycles. The van der Waals surface area contributed by atoms with Gasteiger partial charge >= 0.3 is 5.97 Å². The van der Waals surface area contributed by atoms with Gasteiger partial charge in [0.05, 0.1) is 0 Å². The Kier molecular flexibility index (Phi) is 5.80. The number of aryl methyl sites for hydroxylation is 1. The van der Waals surface area contributed by atoms with Gasteiger partial charge in [0, 0.05) is 17.1 Å². The summed E-state index contributed by atoms with van der Waals surface area (Å²) in [5.41, 5.74) is 0.810. The Morgan fingerprint density at radius 2 is 2.07 bits per heavy atom. The van der Waals surface area contributed by atoms with Gasteiger partial charge in [0.2, 0.25) is 0 Å². The molecule has 2 aliphatic rings. The van der Waals surface area contributed by atoms with E-state index in [1.54, 1.807) is 0 Å². The fourth-order valence-corrected chi connectivity index (χ4v) is 6.41. The number of rotatable bonds is 6. The Labute approximate surface area is 182 Å². The summed E-state index contributed by atoms with van der Waals surface area (Å²) < 4.78 is 13.8. The Morgan fingerprint density at radius 1 is 1.33 bits per heavy atom. The Morgan fingerprint density at radius 3 is 2.70 bits per heavy atom. The molecule has 2 aliphatic heterocycles. The van der Waals surface area contributed by atoms with Crippen molar-refractivity contribution in [1.82, 2.24) is 20.4 Å². The first kappa shape index (κ1) is 20.8. The first-order valence-corrected chi connectivity index (χ1v) is 11.6. The van der Waals surface area contributed by atoms with Gasteiger partial charge in [-0.25, -0.2) is 9.18 Å². The summed E-state index contributed by atoms with van der Waals surface area (Å²) in [5.74, 6) is -1.83. The molecule has 0 aliphatic carbocycles. The van der Waals surface area contributed by atoms with Crippen molar-refractivity contribution in [3.8, 4) is 0 Å². The van der Waals surface area contributed by atoms with Crippen LogP contribution in [-0.4, -0.2) is 60.9 Å². The van der Waals surface area contributed by atoms with Crippen LogP contribution in [0.4, 0.5) is 4.39 Å². The van der Waals surface area contributed by atoms with Crippen molar-refractivity contribution in [2.75, 3.05) is 11.5 Å². The van der Waals surface area contributed by atoms with E-state index < -0.39 is 35.0 Å². The van der Waals surface area contributed by atoms with E-state index >= 15 is 0 Å². The van der Waals surface area contributed by atoms with E-state index in [0.29, 0.717) is 17.1 Å². The van der Waals surface area contributed by atoms with Gasteiger partial charge in [0.1, 0.15) is 27.9 Å². The summed E-state index contributed by atoms with van der Waals surface area (Å²) in [6, 6.07) is 4.14. The maximum atomic E-state index is 13.0. The molecule has 156 valence electrons. The van der Waals surface area contributed by atoms with Gasteiger partial charge in [-0.15, -0.1) is 22.0 Å². The van der Waals surface area contributed by atoms with E-state index in [2.05, 4.69) is 15.5 Å². The fraction of sp³-hybridized carbons (Fsp3) is 0.278. The Balaban J connectivity index is 1.47. The second-order valence-corrected chi connectivity index (χ2v) is 10.0. The van der Waals surface area contributed by atoms with Crippen molar-refractivity contribution >= 4 is 52.6 Å². The average Bonchev–Trinajstić information content (AvgIpc) is 3.15. The van der Waals surface area contributed by atoms with E-state index in [0.717, 1.165) is 21.5 Å². The molecular formula is C18H15FN4O4S3. The molecule has 2 aromatic rings. The molecule has 4 rings (SSSR count). The monoisotopic (exact) mass is 466 g/mol. The van der Waals surface area contributed by atoms with Crippen LogP contribution in [0.25, 0.3) is 0 Å². The molecule has 2 amide bonds. The maximum absolute atomic E-state index is 13.0. The summed E-state index contributed by atoms with van der Waals surface area (Å²) in [7, 11) is 0. The third-order valence-electron chi connectivity index (χ3n) is 4.52. The average molecular weight is 467 g/mol. The van der Waals surface area contributed by atoms with Crippen LogP contribution in [0.15, 0.2) is 39.9 Å². The second-order valence-electron chi connectivity index (χ2n) is 6.50. The molecule has 0 radical (unpaired) electrons. The number of fused-ring (bicyclic) bond motifs is 1. The number of nitrogens with zero attached hydrogens (tertiary/aromatic N) is 3. The highest BCUT2D eigenvalue weighted by molar-refractivity contribution is 8.01. The lowest BCUT2D eigenvalue weighted by Crippen LogP contribution is -2.70. The van der Waals surface area contributed by atoms with Crippen LogP contribution in [0.1, 0.15) is 15.4 Å². The lowest BCUT2D eigenvalue weighted by Gasteiger charge is -2.49. The molecule has 8 nitrogen and oxygen atoms in total. The molecule has 0 saturated carbocycles. The minimum Gasteiger partial charge on any atom is -0.477 e. The molecule has 1 saturated heterocycles. The number of benzene rings is 1. The zero-order chi connectivity index (χ0) is 21.4. The topological polar surface area (TPSA) is 112 Å². The zero-order valence-corrected chi connectivity index (χ0v) is 17.9. The van der Waals surface area contributed by atoms with Gasteiger partial charge < -0.3 is 10.4 Å². The molecule has 0 unspecified atom stereocenters. The normalized spacial score (nSPS) is 20.6. The Bertz CT molecular complexity index is 1060. The van der Waals surface area contributed by atoms with Crippen LogP contribution in [0.3, 0.4) is 0 Å². The van der Waals surface area contributed by atoms with Gasteiger partial charge in [0.25, 0.3) is 11.8 Å². The molecule has 1 fully saturated rings. The first-order valence-electron chi connectivity index (χ1n) is 8.74. The van der Waals surface area contributed by atoms with Crippen LogP contribution < -0.4 is 5.32 Å². The number of amides is 2. The van der Waals surface area contributed by atoms with Gasteiger partial charge in [-0.1, -0.05) is 23.1 Å². The third-order valence-corrected chi connectivity index (χ3v) is 7.92. The van der Waals surface area contributed by atoms with Gasteiger partial charge in [-0.3, -0.25) is 14.5 Å². The summed E-state index contributed by atoms with van der Waals surface area (Å²) in [5, 5.41) is 20.6. The van der Waals surface area contributed by atoms with Crippen LogP contribution in [0.5, 0.6) is 0 Å². The predicted octanol–water partition coefficient (Wildman–Crippen LogP) is 2.13. The molecule has 0 spiro atoms. The van der Waals surface area contributed by atoms with E-state index in [9.17, 15) is 23.9 Å². The summed E-state index contributed by atoms with van der Waals surface area (Å²) in [6.07, 6.45) is 0. The number of carbonyl (C=O) groups is 3. The standard InChI is InChI=1S/C18H15FN4O4S3/c1-8-21-22-18(30-8)29-7-10-6-28-16-12(15(25)23(16)13(10)17(26)27)20-14(24)9-2-4-11(19)5-3-9/h2-5,12,16H,6-7H2,1H3,(H,20,24)(H,26,27)/t12-,16+/m1/s1. The SMILES string of the molecule is Cc1nnc(SCC2=C(C(=O)O)N3C(=O)[C@@H](NC(=O)c4ccc(F)cc4)[C@@H]3SC2)s1. The number of aliphatic carboxylic acids is 1. The maximum Gasteiger partial charge on any atom is 0.352 e. The molecule has 1 aromatic heterocycles. The van der Waals surface area contributed by atoms with Crippen molar-refractivity contribution < 1.29 is 23.9 Å². The molecular weight excluding hydrogens is 451 g/mol. The third kappa shape index (κ3) is 3.94. The van der Waals surface area contributed by atoms with Gasteiger partial charge in [-0.2, -0.15) is 0 Å². The number of aromatic nitrogens is 2. The number of nitrogens with one attached hydrogen (secondary N) is 1. The minimum atomic E-state index is -1.18. The van der Waals surface area contributed by atoms with Crippen molar-refractivity contribution in [2.45, 2.75) is 22.7 Å². The highest BCUT2D eigenvalue weighted by Crippen LogP contribution is 2.41. The van der Waals surface area contributed by atoms with Crippen LogP contribution >= 0.6 is 34.9 Å². The number of β-lactam (4-membered cyclic amide) rings is 1. The molecule has 30 heavy (non-hydrogen) atoms. The quantitative estimate of drug-likeness (QED) is 0.492. The number of thioether (sulfide) groups is 2. The van der Waals surface area contributed by atoms with Crippen molar-refractivity contribution in [3.05, 3.63) is 51.9 Å². The lowest BCUT2D eigenvalue weighted by molar-refractivity contribution is -0.148. The largest absolute Gasteiger partial charge is 0.477 e. The highest BCUT2D eigenvalue weighted by atomic mass is 32.2. The Hall–Kier alpha value is -2.44. The number of halogens is 1. The minimum absolute atomic E-state index is 0.0373. The highest BCUT2D eigenvalue weighted by Gasteiger charge is 2.54. The van der Waals surface area contributed by atoms with E-state index in [4.69, 9.17) is 0 Å². The van der Waals surface area contributed by atoms with Crippen molar-refractivity contribution in [2.24, 2.45) is 0 Å². The van der Waals surface area contributed by atoms with Crippen LogP contribution in [0.2, 0.25) is 0 Å². The molecule has 2 atom stereocenters. The molecule has 2 N–H and O–H groups in total. The second kappa shape index (κ2) is 8.36. The summed E-state index contributed by atoms with van der Waals surface area (Å²) >= 11 is 4.20. The van der Waals surface area contributed by atoms with Crippen LogP contribution in [0, 0.1) is 12.7 Å². The molecule has 12 heteroatoms. The summed E-state index contributed by atoms with van der Waals surface area (Å²) in [6.45, 7) is 1.84. The summed E-state index contributed by atoms with van der Waals surface area (Å²) in [4.78, 5) is 38.1. The smallest absolute Gasteiger partial charge is 0.352 e. The van der Waals surface area contributed by atoms with Crippen molar-refractivity contribution in [3.63, 3.8) is 0 Å². The first-order chi connectivity index (χ1) is 14.3. The number of hydrogen-bond acceptors (Lipinski definition) is 8.